The van der Waals surface area contributed by atoms with E-state index >= 15 is 0 Å². The Labute approximate surface area is 191 Å². The molecule has 3 aromatic carbocycles. The van der Waals surface area contributed by atoms with Gasteiger partial charge in [0.1, 0.15) is 6.04 Å². The second-order valence-corrected chi connectivity index (χ2v) is 8.90. The number of benzene rings is 3. The van der Waals surface area contributed by atoms with Crippen molar-refractivity contribution in [3.8, 4) is 0 Å². The lowest BCUT2D eigenvalue weighted by molar-refractivity contribution is -0.140. The highest BCUT2D eigenvalue weighted by molar-refractivity contribution is 5.89. The smallest absolute Gasteiger partial charge is 0.242 e. The van der Waals surface area contributed by atoms with Gasteiger partial charge in [0, 0.05) is 19.5 Å². The molecule has 3 aromatic rings. The van der Waals surface area contributed by atoms with E-state index in [2.05, 4.69) is 43.4 Å². The van der Waals surface area contributed by atoms with Crippen LogP contribution in [0, 0.1) is 12.8 Å². The fraction of sp³-hybridized carbons (Fsp3) is 0.357. The second-order valence-electron chi connectivity index (χ2n) is 8.90. The molecule has 1 atom stereocenters. The van der Waals surface area contributed by atoms with Gasteiger partial charge in [0.15, 0.2) is 0 Å². The van der Waals surface area contributed by atoms with Crippen molar-refractivity contribution < 1.29 is 9.59 Å². The first-order valence-corrected chi connectivity index (χ1v) is 11.4. The Kier molecular flexibility index (Phi) is 8.04. The van der Waals surface area contributed by atoms with E-state index in [1.165, 1.54) is 10.8 Å². The molecule has 0 saturated heterocycles. The third kappa shape index (κ3) is 5.97. The summed E-state index contributed by atoms with van der Waals surface area (Å²) in [5.74, 6) is 0.247. The van der Waals surface area contributed by atoms with E-state index in [0.29, 0.717) is 31.8 Å². The molecule has 0 unspecified atom stereocenters. The van der Waals surface area contributed by atoms with Crippen LogP contribution in [0.5, 0.6) is 0 Å². The maximum Gasteiger partial charge on any atom is 0.242 e. The van der Waals surface area contributed by atoms with E-state index in [-0.39, 0.29) is 11.8 Å². The van der Waals surface area contributed by atoms with Gasteiger partial charge in [-0.15, -0.1) is 0 Å². The molecule has 0 aliphatic carbocycles. The van der Waals surface area contributed by atoms with Crippen molar-refractivity contribution in [2.75, 3.05) is 6.54 Å². The number of rotatable bonds is 9. The Bertz CT molecular complexity index is 1070. The average Bonchev–Trinajstić information content (AvgIpc) is 2.80. The lowest BCUT2D eigenvalue weighted by atomic mass is 10.00. The van der Waals surface area contributed by atoms with Crippen molar-refractivity contribution in [1.29, 1.82) is 0 Å². The summed E-state index contributed by atoms with van der Waals surface area (Å²) in [5, 5.41) is 5.34. The minimum absolute atomic E-state index is 0.00613. The standard InChI is InChI=1S/C28H34N2O2/c1-20(2)18-29-28(32)22(4)30(19-25-12-6-5-10-21(25)3)27(31)17-16-24-14-9-13-23-11-7-8-15-26(23)24/h5-15,20,22H,16-19H2,1-4H3,(H,29,32)/t22-/m1/s1. The van der Waals surface area contributed by atoms with Crippen LogP contribution in [0.3, 0.4) is 0 Å². The van der Waals surface area contributed by atoms with E-state index < -0.39 is 6.04 Å². The zero-order chi connectivity index (χ0) is 23.1. The van der Waals surface area contributed by atoms with E-state index in [9.17, 15) is 9.59 Å². The van der Waals surface area contributed by atoms with Crippen LogP contribution in [0.2, 0.25) is 0 Å². The largest absolute Gasteiger partial charge is 0.354 e. The number of nitrogens with zero attached hydrogens (tertiary/aromatic N) is 1. The molecule has 32 heavy (non-hydrogen) atoms. The summed E-state index contributed by atoms with van der Waals surface area (Å²) >= 11 is 0. The van der Waals surface area contributed by atoms with Gasteiger partial charge in [0.05, 0.1) is 0 Å². The number of carbonyl (C=O) groups is 2. The van der Waals surface area contributed by atoms with Crippen molar-refractivity contribution in [2.45, 2.75) is 53.1 Å². The Morgan fingerprint density at radius 1 is 0.875 bits per heavy atom. The molecule has 2 amide bonds. The van der Waals surface area contributed by atoms with Gasteiger partial charge in [-0.25, -0.2) is 0 Å². The number of nitrogens with one attached hydrogen (secondary N) is 1. The Morgan fingerprint density at radius 3 is 2.28 bits per heavy atom. The molecular weight excluding hydrogens is 396 g/mol. The van der Waals surface area contributed by atoms with Crippen molar-refractivity contribution in [3.63, 3.8) is 0 Å². The van der Waals surface area contributed by atoms with E-state index in [4.69, 9.17) is 0 Å². The van der Waals surface area contributed by atoms with Crippen LogP contribution in [0.15, 0.2) is 66.7 Å². The summed E-state index contributed by atoms with van der Waals surface area (Å²) in [6.07, 6.45) is 1.01. The third-order valence-corrected chi connectivity index (χ3v) is 5.94. The molecule has 0 bridgehead atoms. The number of hydrogen-bond donors (Lipinski definition) is 1. The average molecular weight is 431 g/mol. The van der Waals surface area contributed by atoms with Crippen LogP contribution in [0.1, 0.15) is 43.9 Å². The van der Waals surface area contributed by atoms with Crippen LogP contribution in [-0.4, -0.2) is 29.3 Å². The molecule has 4 nitrogen and oxygen atoms in total. The quantitative estimate of drug-likeness (QED) is 0.503. The molecule has 0 heterocycles. The Morgan fingerprint density at radius 2 is 1.53 bits per heavy atom. The van der Waals surface area contributed by atoms with Crippen molar-refractivity contribution in [1.82, 2.24) is 10.2 Å². The predicted molar refractivity (Wildman–Crippen MR) is 131 cm³/mol. The molecule has 168 valence electrons. The maximum absolute atomic E-state index is 13.4. The number of fused-ring (bicyclic) bond motifs is 1. The summed E-state index contributed by atoms with van der Waals surface area (Å²) in [6.45, 7) is 9.01. The summed E-state index contributed by atoms with van der Waals surface area (Å²) < 4.78 is 0. The van der Waals surface area contributed by atoms with Gasteiger partial charge >= 0.3 is 0 Å². The zero-order valence-corrected chi connectivity index (χ0v) is 19.6. The SMILES string of the molecule is Cc1ccccc1CN(C(=O)CCc1cccc2ccccc12)[C@H](C)C(=O)NCC(C)C. The topological polar surface area (TPSA) is 49.4 Å². The van der Waals surface area contributed by atoms with Crippen LogP contribution in [0.4, 0.5) is 0 Å². The van der Waals surface area contributed by atoms with Crippen molar-refractivity contribution in [3.05, 3.63) is 83.4 Å². The molecule has 0 spiro atoms. The molecular formula is C28H34N2O2. The van der Waals surface area contributed by atoms with Gasteiger partial charge in [0.2, 0.25) is 11.8 Å². The highest BCUT2D eigenvalue weighted by Crippen LogP contribution is 2.21. The predicted octanol–water partition coefficient (Wildman–Crippen LogP) is 5.27. The van der Waals surface area contributed by atoms with Gasteiger partial charge in [-0.1, -0.05) is 80.6 Å². The number of carbonyl (C=O) groups excluding carboxylic acids is 2. The zero-order valence-electron chi connectivity index (χ0n) is 19.6. The monoisotopic (exact) mass is 430 g/mol. The van der Waals surface area contributed by atoms with Gasteiger partial charge in [-0.3, -0.25) is 9.59 Å². The van der Waals surface area contributed by atoms with Crippen LogP contribution in [0.25, 0.3) is 10.8 Å². The molecule has 0 fully saturated rings. The molecule has 4 heteroatoms. The molecule has 0 aliphatic rings. The number of amides is 2. The van der Waals surface area contributed by atoms with Gasteiger partial charge in [-0.05, 0) is 53.6 Å². The lowest BCUT2D eigenvalue weighted by Gasteiger charge is -2.29. The molecule has 3 rings (SSSR count). The third-order valence-electron chi connectivity index (χ3n) is 5.94. The van der Waals surface area contributed by atoms with Crippen LogP contribution < -0.4 is 5.32 Å². The van der Waals surface area contributed by atoms with Crippen molar-refractivity contribution in [2.24, 2.45) is 5.92 Å². The van der Waals surface area contributed by atoms with E-state index in [1.807, 2.05) is 56.3 Å². The fourth-order valence-corrected chi connectivity index (χ4v) is 3.90. The van der Waals surface area contributed by atoms with Crippen molar-refractivity contribution >= 4 is 22.6 Å². The molecule has 1 N–H and O–H groups in total. The van der Waals surface area contributed by atoms with Gasteiger partial charge < -0.3 is 10.2 Å². The normalized spacial score (nSPS) is 12.0. The van der Waals surface area contributed by atoms with E-state index in [0.717, 1.165) is 16.7 Å². The Hall–Kier alpha value is -3.14. The van der Waals surface area contributed by atoms with Gasteiger partial charge in [0.25, 0.3) is 0 Å². The minimum Gasteiger partial charge on any atom is -0.354 e. The minimum atomic E-state index is -0.534. The highest BCUT2D eigenvalue weighted by Gasteiger charge is 2.26. The van der Waals surface area contributed by atoms with Gasteiger partial charge in [-0.2, -0.15) is 0 Å². The number of aryl methyl sites for hydroxylation is 2. The van der Waals surface area contributed by atoms with E-state index in [1.54, 1.807) is 4.90 Å². The Balaban J connectivity index is 1.78. The lowest BCUT2D eigenvalue weighted by Crippen LogP contribution is -2.48. The summed E-state index contributed by atoms with van der Waals surface area (Å²) in [4.78, 5) is 27.9. The molecule has 0 saturated carbocycles. The second kappa shape index (κ2) is 10.9. The first-order valence-electron chi connectivity index (χ1n) is 11.4. The first-order chi connectivity index (χ1) is 15.4. The maximum atomic E-state index is 13.4. The molecule has 0 radical (unpaired) electrons. The first kappa shape index (κ1) is 23.5. The number of hydrogen-bond acceptors (Lipinski definition) is 2. The summed E-state index contributed by atoms with van der Waals surface area (Å²) in [7, 11) is 0. The van der Waals surface area contributed by atoms with Crippen LogP contribution in [-0.2, 0) is 22.6 Å². The summed E-state index contributed by atoms with van der Waals surface area (Å²) in [6, 6.07) is 22.0. The highest BCUT2D eigenvalue weighted by atomic mass is 16.2. The summed E-state index contributed by atoms with van der Waals surface area (Å²) in [5.41, 5.74) is 3.34. The molecule has 0 aliphatic heterocycles. The molecule has 0 aromatic heterocycles. The fourth-order valence-electron chi connectivity index (χ4n) is 3.90. The van der Waals surface area contributed by atoms with Crippen LogP contribution >= 0.6 is 0 Å².